The Labute approximate surface area is 138 Å². The lowest BCUT2D eigenvalue weighted by Gasteiger charge is -2.06. The van der Waals surface area contributed by atoms with Crippen LogP contribution in [0.2, 0.25) is 0 Å². The number of hydrogen-bond acceptors (Lipinski definition) is 4. The molecule has 0 unspecified atom stereocenters. The van der Waals surface area contributed by atoms with Crippen molar-refractivity contribution in [3.05, 3.63) is 76.2 Å². The molecule has 2 aromatic carbocycles. The monoisotopic (exact) mass is 320 g/mol. The third-order valence-electron chi connectivity index (χ3n) is 3.65. The smallest absolute Gasteiger partial charge is 0.267 e. The maximum Gasteiger partial charge on any atom is 0.292 e. The molecule has 120 valence electrons. The van der Waals surface area contributed by atoms with Crippen LogP contribution in [0, 0.1) is 0 Å². The molecule has 3 rings (SSSR count). The van der Waals surface area contributed by atoms with E-state index in [0.29, 0.717) is 17.2 Å². The summed E-state index contributed by atoms with van der Waals surface area (Å²) in [4.78, 5) is 24.2. The molecule has 0 atom stereocenters. The maximum atomic E-state index is 12.4. The number of H-pyrrole nitrogens is 1. The van der Waals surface area contributed by atoms with Crippen LogP contribution < -0.4 is 11.0 Å². The van der Waals surface area contributed by atoms with Gasteiger partial charge in [-0.1, -0.05) is 55.5 Å². The van der Waals surface area contributed by atoms with E-state index in [1.54, 1.807) is 24.3 Å². The molecule has 0 aliphatic carbocycles. The molecule has 2 N–H and O–H groups in total. The fourth-order valence-electron chi connectivity index (χ4n) is 2.44. The van der Waals surface area contributed by atoms with Gasteiger partial charge in [-0.25, -0.2) is 10.5 Å². The summed E-state index contributed by atoms with van der Waals surface area (Å²) in [6.07, 6.45) is 0.671. The highest BCUT2D eigenvalue weighted by atomic mass is 16.2. The molecule has 1 amide bonds. The van der Waals surface area contributed by atoms with Crippen molar-refractivity contribution in [3.8, 4) is 0 Å². The summed E-state index contributed by atoms with van der Waals surface area (Å²) in [5.74, 6) is -0.468. The van der Waals surface area contributed by atoms with Crippen LogP contribution >= 0.6 is 0 Å². The molecule has 0 aliphatic heterocycles. The van der Waals surface area contributed by atoms with Crippen molar-refractivity contribution in [2.45, 2.75) is 13.3 Å². The molecular formula is C18H16N4O2. The van der Waals surface area contributed by atoms with E-state index in [-0.39, 0.29) is 11.3 Å². The Morgan fingerprint density at radius 3 is 2.46 bits per heavy atom. The number of hydrogen-bond donors (Lipinski definition) is 2. The van der Waals surface area contributed by atoms with Gasteiger partial charge in [0.25, 0.3) is 11.5 Å². The van der Waals surface area contributed by atoms with E-state index in [9.17, 15) is 9.59 Å². The van der Waals surface area contributed by atoms with E-state index >= 15 is 0 Å². The summed E-state index contributed by atoms with van der Waals surface area (Å²) in [5, 5.41) is 11.3. The van der Waals surface area contributed by atoms with Crippen LogP contribution in [0.3, 0.4) is 0 Å². The first-order valence-corrected chi connectivity index (χ1v) is 7.60. The van der Waals surface area contributed by atoms with Gasteiger partial charge >= 0.3 is 0 Å². The second kappa shape index (κ2) is 6.87. The quantitative estimate of drug-likeness (QED) is 0.572. The largest absolute Gasteiger partial charge is 0.292 e. The van der Waals surface area contributed by atoms with Gasteiger partial charge in [0.05, 0.1) is 11.1 Å². The first-order chi connectivity index (χ1) is 11.7. The van der Waals surface area contributed by atoms with Crippen molar-refractivity contribution in [2.75, 3.05) is 0 Å². The zero-order chi connectivity index (χ0) is 16.9. The van der Waals surface area contributed by atoms with Crippen molar-refractivity contribution in [1.82, 2.24) is 15.6 Å². The van der Waals surface area contributed by atoms with Crippen molar-refractivity contribution in [1.29, 1.82) is 0 Å². The SMILES string of the molecule is CC/C(=N/NC(=O)c1n[nH]c(=O)c2ccccc12)c1ccccc1. The Hall–Kier alpha value is -3.28. The van der Waals surface area contributed by atoms with Gasteiger partial charge in [0.15, 0.2) is 5.69 Å². The fourth-order valence-corrected chi connectivity index (χ4v) is 2.44. The van der Waals surface area contributed by atoms with Crippen LogP contribution in [0.25, 0.3) is 10.8 Å². The number of rotatable bonds is 4. The molecule has 0 radical (unpaired) electrons. The molecule has 0 saturated carbocycles. The van der Waals surface area contributed by atoms with Crippen LogP contribution in [0.15, 0.2) is 64.5 Å². The Bertz CT molecular complexity index is 961. The normalized spacial score (nSPS) is 11.5. The number of nitrogens with one attached hydrogen (secondary N) is 2. The summed E-state index contributed by atoms with van der Waals surface area (Å²) in [7, 11) is 0. The molecule has 3 aromatic rings. The van der Waals surface area contributed by atoms with E-state index in [1.165, 1.54) is 0 Å². The number of aromatic nitrogens is 2. The zero-order valence-corrected chi connectivity index (χ0v) is 13.1. The number of carbonyl (C=O) groups excluding carboxylic acids is 1. The van der Waals surface area contributed by atoms with Gasteiger partial charge in [-0.2, -0.15) is 10.2 Å². The lowest BCUT2D eigenvalue weighted by molar-refractivity contribution is 0.0950. The second-order valence-corrected chi connectivity index (χ2v) is 5.17. The van der Waals surface area contributed by atoms with Crippen molar-refractivity contribution in [2.24, 2.45) is 5.10 Å². The summed E-state index contributed by atoms with van der Waals surface area (Å²) < 4.78 is 0. The Morgan fingerprint density at radius 2 is 1.75 bits per heavy atom. The molecular weight excluding hydrogens is 304 g/mol. The van der Waals surface area contributed by atoms with E-state index < -0.39 is 5.91 Å². The van der Waals surface area contributed by atoms with E-state index in [4.69, 9.17) is 0 Å². The molecule has 0 saturated heterocycles. The number of amides is 1. The number of carbonyl (C=O) groups is 1. The number of aromatic amines is 1. The minimum absolute atomic E-state index is 0.137. The third-order valence-corrected chi connectivity index (χ3v) is 3.65. The Kier molecular flexibility index (Phi) is 4.47. The van der Waals surface area contributed by atoms with E-state index in [1.807, 2.05) is 37.3 Å². The average molecular weight is 320 g/mol. The molecule has 0 aliphatic rings. The minimum Gasteiger partial charge on any atom is -0.267 e. The predicted octanol–water partition coefficient (Wildman–Crippen LogP) is 2.47. The summed E-state index contributed by atoms with van der Waals surface area (Å²) in [5.41, 5.74) is 4.04. The van der Waals surface area contributed by atoms with Crippen molar-refractivity contribution >= 4 is 22.4 Å². The highest BCUT2D eigenvalue weighted by molar-refractivity contribution is 6.06. The highest BCUT2D eigenvalue weighted by Crippen LogP contribution is 2.12. The average Bonchev–Trinajstić information content (AvgIpc) is 2.63. The van der Waals surface area contributed by atoms with Crippen LogP contribution in [0.4, 0.5) is 0 Å². The first kappa shape index (κ1) is 15.6. The van der Waals surface area contributed by atoms with Gasteiger partial charge in [0, 0.05) is 5.39 Å². The molecule has 1 aromatic heterocycles. The lowest BCUT2D eigenvalue weighted by Crippen LogP contribution is -2.24. The van der Waals surface area contributed by atoms with Crippen LogP contribution in [0.1, 0.15) is 29.4 Å². The standard InChI is InChI=1S/C18H16N4O2/c1-2-15(12-8-4-3-5-9-12)19-22-18(24)16-13-10-6-7-11-14(13)17(23)21-20-16/h3-11H,2H2,1H3,(H,21,23)(H,22,24)/b19-15-. The molecule has 6 nitrogen and oxygen atoms in total. The highest BCUT2D eigenvalue weighted by Gasteiger charge is 2.13. The molecule has 24 heavy (non-hydrogen) atoms. The number of nitrogens with zero attached hydrogens (tertiary/aromatic N) is 2. The summed E-state index contributed by atoms with van der Waals surface area (Å²) in [6, 6.07) is 16.5. The van der Waals surface area contributed by atoms with Crippen molar-refractivity contribution in [3.63, 3.8) is 0 Å². The molecule has 6 heteroatoms. The molecule has 0 bridgehead atoms. The molecule has 0 spiro atoms. The van der Waals surface area contributed by atoms with E-state index in [2.05, 4.69) is 20.7 Å². The topological polar surface area (TPSA) is 87.2 Å². The van der Waals surface area contributed by atoms with E-state index in [0.717, 1.165) is 11.3 Å². The van der Waals surface area contributed by atoms with Gasteiger partial charge in [-0.05, 0) is 18.1 Å². The minimum atomic E-state index is -0.468. The molecule has 0 fully saturated rings. The van der Waals surface area contributed by atoms with Crippen LogP contribution in [-0.2, 0) is 0 Å². The first-order valence-electron chi connectivity index (χ1n) is 7.60. The van der Waals surface area contributed by atoms with Gasteiger partial charge < -0.3 is 0 Å². The van der Waals surface area contributed by atoms with Crippen LogP contribution in [0.5, 0.6) is 0 Å². The summed E-state index contributed by atoms with van der Waals surface area (Å²) >= 11 is 0. The predicted molar refractivity (Wildman–Crippen MR) is 93.1 cm³/mol. The Balaban J connectivity index is 1.92. The maximum absolute atomic E-state index is 12.4. The lowest BCUT2D eigenvalue weighted by atomic mass is 10.1. The fraction of sp³-hybridized carbons (Fsp3) is 0.111. The number of fused-ring (bicyclic) bond motifs is 1. The Morgan fingerprint density at radius 1 is 1.08 bits per heavy atom. The van der Waals surface area contributed by atoms with Gasteiger partial charge in [0.1, 0.15) is 0 Å². The zero-order valence-electron chi connectivity index (χ0n) is 13.1. The van der Waals surface area contributed by atoms with Gasteiger partial charge in [0.2, 0.25) is 0 Å². The van der Waals surface area contributed by atoms with Gasteiger partial charge in [-0.15, -0.1) is 0 Å². The number of benzene rings is 2. The third kappa shape index (κ3) is 3.08. The molecule has 1 heterocycles. The summed E-state index contributed by atoms with van der Waals surface area (Å²) in [6.45, 7) is 1.96. The van der Waals surface area contributed by atoms with Gasteiger partial charge in [-0.3, -0.25) is 9.59 Å². The van der Waals surface area contributed by atoms with Crippen molar-refractivity contribution < 1.29 is 4.79 Å². The van der Waals surface area contributed by atoms with Crippen LogP contribution in [-0.4, -0.2) is 21.8 Å². The second-order valence-electron chi connectivity index (χ2n) is 5.17. The number of hydrazone groups is 1.